The van der Waals surface area contributed by atoms with Crippen LogP contribution in [0.1, 0.15) is 30.7 Å². The Morgan fingerprint density at radius 2 is 1.84 bits per heavy atom. The second-order valence-corrected chi connectivity index (χ2v) is 7.45. The first-order valence-corrected chi connectivity index (χ1v) is 10.4. The van der Waals surface area contributed by atoms with Crippen molar-refractivity contribution in [3.8, 4) is 22.9 Å². The van der Waals surface area contributed by atoms with Gasteiger partial charge in [-0.2, -0.15) is 0 Å². The molecule has 0 spiro atoms. The van der Waals surface area contributed by atoms with Crippen molar-refractivity contribution in [3.05, 3.63) is 59.9 Å². The minimum Gasteiger partial charge on any atom is -0.497 e. The first-order valence-electron chi connectivity index (χ1n) is 10.4. The smallest absolute Gasteiger partial charge is 0.248 e. The highest BCUT2D eigenvalue weighted by atomic mass is 16.5. The lowest BCUT2D eigenvalue weighted by atomic mass is 10.1. The molecule has 1 aromatic heterocycles. The van der Waals surface area contributed by atoms with E-state index in [0.717, 1.165) is 48.6 Å². The number of carbonyl (C=O) groups is 1. The van der Waals surface area contributed by atoms with Gasteiger partial charge in [-0.3, -0.25) is 4.79 Å². The summed E-state index contributed by atoms with van der Waals surface area (Å²) in [5.41, 5.74) is 2.47. The quantitative estimate of drug-likeness (QED) is 0.603. The molecule has 1 aliphatic rings. The molecule has 31 heavy (non-hydrogen) atoms. The Morgan fingerprint density at radius 1 is 1.03 bits per heavy atom. The molecule has 2 aromatic carbocycles. The fourth-order valence-electron chi connectivity index (χ4n) is 3.72. The average molecular weight is 418 g/mol. The van der Waals surface area contributed by atoms with Crippen LogP contribution in [0.25, 0.3) is 17.5 Å². The van der Waals surface area contributed by atoms with Gasteiger partial charge in [0.2, 0.25) is 5.91 Å². The number of nitrogens with one attached hydrogen (secondary N) is 1. The molecular formula is C24H26N4O3. The van der Waals surface area contributed by atoms with Crippen molar-refractivity contribution < 1.29 is 14.3 Å². The molecule has 7 nitrogen and oxygen atoms in total. The van der Waals surface area contributed by atoms with Crippen LogP contribution in [0.15, 0.2) is 48.5 Å². The Hall–Kier alpha value is -3.61. The molecule has 1 amide bonds. The van der Waals surface area contributed by atoms with Crippen molar-refractivity contribution in [2.24, 2.45) is 0 Å². The largest absolute Gasteiger partial charge is 0.497 e. The van der Waals surface area contributed by atoms with Crippen LogP contribution in [-0.4, -0.2) is 34.9 Å². The molecule has 0 saturated carbocycles. The van der Waals surface area contributed by atoms with E-state index in [4.69, 9.17) is 9.47 Å². The highest BCUT2D eigenvalue weighted by Crippen LogP contribution is 2.25. The molecule has 0 unspecified atom stereocenters. The second-order valence-electron chi connectivity index (χ2n) is 7.45. The molecule has 0 aliphatic carbocycles. The number of hydrogen-bond donors (Lipinski definition) is 1. The van der Waals surface area contributed by atoms with E-state index in [-0.39, 0.29) is 5.91 Å². The summed E-state index contributed by atoms with van der Waals surface area (Å²) in [6.45, 7) is 0.932. The van der Waals surface area contributed by atoms with Gasteiger partial charge in [-0.05, 0) is 48.7 Å². The van der Waals surface area contributed by atoms with Gasteiger partial charge in [0, 0.05) is 36.4 Å². The van der Waals surface area contributed by atoms with Gasteiger partial charge >= 0.3 is 0 Å². The Kier molecular flexibility index (Phi) is 6.31. The predicted octanol–water partition coefficient (Wildman–Crippen LogP) is 4.34. The molecule has 7 heteroatoms. The number of hydrogen-bond acceptors (Lipinski definition) is 5. The van der Waals surface area contributed by atoms with Crippen LogP contribution in [-0.2, 0) is 17.8 Å². The first kappa shape index (κ1) is 20.7. The van der Waals surface area contributed by atoms with Crippen molar-refractivity contribution in [3.63, 3.8) is 0 Å². The molecular weight excluding hydrogens is 392 g/mol. The van der Waals surface area contributed by atoms with E-state index in [0.29, 0.717) is 17.2 Å². The molecule has 0 saturated heterocycles. The van der Waals surface area contributed by atoms with Crippen LogP contribution in [0.5, 0.6) is 11.5 Å². The van der Waals surface area contributed by atoms with E-state index >= 15 is 0 Å². The fraction of sp³-hybridized carbons (Fsp3) is 0.292. The van der Waals surface area contributed by atoms with E-state index in [1.807, 2.05) is 36.4 Å². The van der Waals surface area contributed by atoms with Gasteiger partial charge in [0.05, 0.1) is 14.2 Å². The van der Waals surface area contributed by atoms with Gasteiger partial charge in [-0.15, -0.1) is 10.2 Å². The molecule has 3 aromatic rings. The number of rotatable bonds is 6. The zero-order valence-electron chi connectivity index (χ0n) is 17.8. The lowest BCUT2D eigenvalue weighted by molar-refractivity contribution is -0.111. The van der Waals surface area contributed by atoms with E-state index in [1.165, 1.54) is 12.5 Å². The zero-order valence-corrected chi connectivity index (χ0v) is 17.8. The molecule has 4 rings (SSSR count). The summed E-state index contributed by atoms with van der Waals surface area (Å²) in [6, 6.07) is 13.2. The number of amides is 1. The molecule has 0 bridgehead atoms. The van der Waals surface area contributed by atoms with Crippen LogP contribution in [0.2, 0.25) is 0 Å². The first-order chi connectivity index (χ1) is 15.2. The third-order valence-electron chi connectivity index (χ3n) is 5.30. The second kappa shape index (κ2) is 9.47. The Balaban J connectivity index is 1.49. The van der Waals surface area contributed by atoms with Crippen LogP contribution in [0.3, 0.4) is 0 Å². The lowest BCUT2D eigenvalue weighted by Gasteiger charge is -2.09. The molecule has 0 fully saturated rings. The van der Waals surface area contributed by atoms with Crippen molar-refractivity contribution in [1.29, 1.82) is 0 Å². The SMILES string of the molecule is COc1cc(/C=C/C(=O)Nc2cccc(-c3nnc4n3CCCCC4)c2)cc(OC)c1. The average Bonchev–Trinajstić information content (AvgIpc) is 3.05. The highest BCUT2D eigenvalue weighted by molar-refractivity contribution is 6.02. The minimum atomic E-state index is -0.223. The number of ether oxygens (including phenoxy) is 2. The summed E-state index contributed by atoms with van der Waals surface area (Å²) in [5.74, 6) is 3.00. The van der Waals surface area contributed by atoms with Crippen molar-refractivity contribution in [2.75, 3.05) is 19.5 Å². The lowest BCUT2D eigenvalue weighted by Crippen LogP contribution is -2.08. The molecule has 0 atom stereocenters. The van der Waals surface area contributed by atoms with E-state index < -0.39 is 0 Å². The van der Waals surface area contributed by atoms with Crippen LogP contribution in [0, 0.1) is 0 Å². The summed E-state index contributed by atoms with van der Waals surface area (Å²) in [6.07, 6.45) is 7.67. The molecule has 2 heterocycles. The molecule has 1 N–H and O–H groups in total. The third-order valence-corrected chi connectivity index (χ3v) is 5.30. The zero-order chi connectivity index (χ0) is 21.6. The molecule has 160 valence electrons. The standard InChI is InChI=1S/C24H26N4O3/c1-30-20-13-17(14-21(16-20)31-2)10-11-23(29)25-19-8-6-7-18(15-19)24-27-26-22-9-4-3-5-12-28(22)24/h6-8,10-11,13-16H,3-5,9,12H2,1-2H3,(H,25,29)/b11-10+. The maximum Gasteiger partial charge on any atom is 0.248 e. The van der Waals surface area contributed by atoms with Gasteiger partial charge < -0.3 is 19.4 Å². The van der Waals surface area contributed by atoms with E-state index in [9.17, 15) is 4.79 Å². The summed E-state index contributed by atoms with van der Waals surface area (Å²) < 4.78 is 12.7. The van der Waals surface area contributed by atoms with Gasteiger partial charge in [-0.1, -0.05) is 18.6 Å². The number of benzene rings is 2. The van der Waals surface area contributed by atoms with Crippen molar-refractivity contribution in [2.45, 2.75) is 32.2 Å². The number of aryl methyl sites for hydroxylation is 1. The van der Waals surface area contributed by atoms with Crippen LogP contribution < -0.4 is 14.8 Å². The summed E-state index contributed by atoms with van der Waals surface area (Å²) in [5, 5.41) is 11.7. The Bertz CT molecular complexity index is 1080. The monoisotopic (exact) mass is 418 g/mol. The van der Waals surface area contributed by atoms with Crippen LogP contribution >= 0.6 is 0 Å². The fourth-order valence-corrected chi connectivity index (χ4v) is 3.72. The molecule has 1 aliphatic heterocycles. The van der Waals surface area contributed by atoms with Gasteiger partial charge in [0.25, 0.3) is 0 Å². The maximum atomic E-state index is 12.5. The topological polar surface area (TPSA) is 78.3 Å². The van der Waals surface area contributed by atoms with E-state index in [1.54, 1.807) is 26.4 Å². The number of nitrogens with zero attached hydrogens (tertiary/aromatic N) is 3. The van der Waals surface area contributed by atoms with Crippen molar-refractivity contribution >= 4 is 17.7 Å². The van der Waals surface area contributed by atoms with Gasteiger partial charge in [-0.25, -0.2) is 0 Å². The number of anilines is 1. The Morgan fingerprint density at radius 3 is 2.61 bits per heavy atom. The maximum absolute atomic E-state index is 12.5. The summed E-state index contributed by atoms with van der Waals surface area (Å²) >= 11 is 0. The molecule has 0 radical (unpaired) electrons. The highest BCUT2D eigenvalue weighted by Gasteiger charge is 2.16. The third kappa shape index (κ3) is 4.94. The minimum absolute atomic E-state index is 0.223. The predicted molar refractivity (Wildman–Crippen MR) is 120 cm³/mol. The summed E-state index contributed by atoms with van der Waals surface area (Å²) in [4.78, 5) is 12.5. The number of fused-ring (bicyclic) bond motifs is 1. The number of methoxy groups -OCH3 is 2. The number of aromatic nitrogens is 3. The number of carbonyl (C=O) groups excluding carboxylic acids is 1. The van der Waals surface area contributed by atoms with Gasteiger partial charge in [0.1, 0.15) is 17.3 Å². The van der Waals surface area contributed by atoms with Crippen molar-refractivity contribution in [1.82, 2.24) is 14.8 Å². The summed E-state index contributed by atoms with van der Waals surface area (Å²) in [7, 11) is 3.19. The van der Waals surface area contributed by atoms with Crippen LogP contribution in [0.4, 0.5) is 5.69 Å². The van der Waals surface area contributed by atoms with E-state index in [2.05, 4.69) is 20.1 Å². The Labute approximate surface area is 181 Å². The van der Waals surface area contributed by atoms with Gasteiger partial charge in [0.15, 0.2) is 5.82 Å². The normalized spacial score (nSPS) is 13.5.